The van der Waals surface area contributed by atoms with Gasteiger partial charge in [-0.15, -0.1) is 0 Å². The first-order valence-electron chi connectivity index (χ1n) is 16.1. The number of hydrogen-bond acceptors (Lipinski definition) is 8. The largest absolute Gasteiger partial charge is 0.744 e. The number of carbonyl (C=O) groups excluding carboxylic acids is 1. The lowest BCUT2D eigenvalue weighted by atomic mass is 10.1. The molecule has 244 valence electrons. The first-order chi connectivity index (χ1) is 20.8. The number of hydrogen-bond donors (Lipinski definition) is 0. The minimum Gasteiger partial charge on any atom is -0.744 e. The van der Waals surface area contributed by atoms with Gasteiger partial charge in [-0.25, -0.2) is 8.42 Å². The van der Waals surface area contributed by atoms with Crippen molar-refractivity contribution in [2.45, 2.75) is 140 Å². The number of aromatic nitrogens is 1. The summed E-state index contributed by atoms with van der Waals surface area (Å²) in [6, 6.07) is 5.78. The average Bonchev–Trinajstić information content (AvgIpc) is 3.67. The van der Waals surface area contributed by atoms with E-state index < -0.39 is 10.1 Å². The summed E-state index contributed by atoms with van der Waals surface area (Å²) in [6.07, 6.45) is 21.1. The monoisotopic (exact) mass is 639 g/mol. The van der Waals surface area contributed by atoms with Crippen molar-refractivity contribution >= 4 is 27.4 Å². The number of carbonyl (C=O) groups is 1. The molecule has 1 aliphatic heterocycles. The molecule has 1 saturated heterocycles. The first-order valence-corrected chi connectivity index (χ1v) is 18.5. The highest BCUT2D eigenvalue weighted by Crippen LogP contribution is 2.19. The third kappa shape index (κ3) is 18.5. The second kappa shape index (κ2) is 22.6. The Labute approximate surface area is 263 Å². The van der Waals surface area contributed by atoms with E-state index in [1.165, 1.54) is 76.3 Å². The van der Waals surface area contributed by atoms with E-state index in [1.54, 1.807) is 23.5 Å². The molecule has 2 heterocycles. The molecule has 1 aromatic heterocycles. The Morgan fingerprint density at radius 1 is 0.953 bits per heavy atom. The fraction of sp³-hybridized carbons (Fsp3) is 0.697. The molecule has 10 heteroatoms. The molecule has 1 aromatic carbocycles. The van der Waals surface area contributed by atoms with Gasteiger partial charge in [0.1, 0.15) is 29.4 Å². The van der Waals surface area contributed by atoms with Gasteiger partial charge in [-0.2, -0.15) is 4.57 Å². The molecule has 1 fully saturated rings. The second-order valence-corrected chi connectivity index (χ2v) is 13.5. The minimum absolute atomic E-state index is 0.105. The molecule has 2 aromatic rings. The summed E-state index contributed by atoms with van der Waals surface area (Å²) in [5.41, 5.74) is 3.04. The summed E-state index contributed by atoms with van der Waals surface area (Å²) < 4.78 is 50.4. The van der Waals surface area contributed by atoms with Gasteiger partial charge in [0.25, 0.3) is 0 Å². The Morgan fingerprint density at radius 2 is 1.58 bits per heavy atom. The van der Waals surface area contributed by atoms with Gasteiger partial charge in [-0.3, -0.25) is 4.79 Å². The smallest absolute Gasteiger partial charge is 0.305 e. The van der Waals surface area contributed by atoms with Crippen molar-refractivity contribution in [3.63, 3.8) is 0 Å². The SMILES string of the molecule is CCCCCCCCCCCCCC1OCC(COC(=O)CCCCC[n+]2ccsc2)O1.Cc1ccc(S(=O)(=O)[O-])cc1. The normalized spacial score (nSPS) is 16.5. The molecule has 0 amide bonds. The number of nitrogens with zero attached hydrogens (tertiary/aromatic N) is 1. The minimum atomic E-state index is -4.27. The predicted molar refractivity (Wildman–Crippen MR) is 169 cm³/mol. The highest BCUT2D eigenvalue weighted by molar-refractivity contribution is 7.85. The van der Waals surface area contributed by atoms with Gasteiger partial charge < -0.3 is 18.8 Å². The summed E-state index contributed by atoms with van der Waals surface area (Å²) in [6.45, 7) is 5.97. The quantitative estimate of drug-likeness (QED) is 0.0603. The molecule has 3 rings (SSSR count). The molecule has 2 unspecified atom stereocenters. The molecule has 0 spiro atoms. The number of aryl methyl sites for hydroxylation is 2. The maximum Gasteiger partial charge on any atom is 0.305 e. The molecule has 0 N–H and O–H groups in total. The molecule has 8 nitrogen and oxygen atoms in total. The zero-order chi connectivity index (χ0) is 31.2. The summed E-state index contributed by atoms with van der Waals surface area (Å²) in [5, 5.41) is 2.08. The second-order valence-electron chi connectivity index (χ2n) is 11.4. The third-order valence-corrected chi connectivity index (χ3v) is 8.94. The van der Waals surface area contributed by atoms with Crippen molar-refractivity contribution < 1.29 is 36.5 Å². The zero-order valence-electron chi connectivity index (χ0n) is 26.3. The summed E-state index contributed by atoms with van der Waals surface area (Å²) in [5.74, 6) is -0.120. The number of esters is 1. The van der Waals surface area contributed by atoms with E-state index in [0.717, 1.165) is 44.2 Å². The third-order valence-electron chi connectivity index (χ3n) is 7.42. The summed E-state index contributed by atoms with van der Waals surface area (Å²) >= 11 is 1.70. The van der Waals surface area contributed by atoms with Gasteiger partial charge >= 0.3 is 5.97 Å². The van der Waals surface area contributed by atoms with Gasteiger partial charge in [-0.1, -0.05) is 100 Å². The van der Waals surface area contributed by atoms with E-state index in [1.807, 2.05) is 6.92 Å². The van der Waals surface area contributed by atoms with Crippen molar-refractivity contribution in [2.24, 2.45) is 0 Å². The van der Waals surface area contributed by atoms with Crippen molar-refractivity contribution in [1.29, 1.82) is 0 Å². The Balaban J connectivity index is 0.000000490. The molecular weight excluding hydrogens is 586 g/mol. The molecular formula is C33H53NO7S2. The molecule has 1 aliphatic rings. The van der Waals surface area contributed by atoms with Crippen LogP contribution >= 0.6 is 11.3 Å². The Hall–Kier alpha value is -1.85. The lowest BCUT2D eigenvalue weighted by Crippen LogP contribution is -2.29. The number of thiazole rings is 1. The predicted octanol–water partition coefficient (Wildman–Crippen LogP) is 7.48. The van der Waals surface area contributed by atoms with E-state index in [4.69, 9.17) is 14.2 Å². The highest BCUT2D eigenvalue weighted by atomic mass is 32.2. The molecule has 0 bridgehead atoms. The van der Waals surface area contributed by atoms with Crippen LogP contribution < -0.4 is 4.57 Å². The van der Waals surface area contributed by atoms with Gasteiger partial charge in [0.05, 0.1) is 16.9 Å². The van der Waals surface area contributed by atoms with Crippen LogP contribution in [0.5, 0.6) is 0 Å². The van der Waals surface area contributed by atoms with Crippen molar-refractivity contribution in [1.82, 2.24) is 0 Å². The molecule has 43 heavy (non-hydrogen) atoms. The molecule has 0 aliphatic carbocycles. The lowest BCUT2D eigenvalue weighted by molar-refractivity contribution is -0.692. The Kier molecular flexibility index (Phi) is 19.6. The highest BCUT2D eigenvalue weighted by Gasteiger charge is 2.26. The van der Waals surface area contributed by atoms with Crippen LogP contribution in [0.3, 0.4) is 0 Å². The molecule has 0 radical (unpaired) electrons. The lowest BCUT2D eigenvalue weighted by Gasteiger charge is -2.12. The van der Waals surface area contributed by atoms with Crippen LogP contribution in [0.15, 0.2) is 46.2 Å². The summed E-state index contributed by atoms with van der Waals surface area (Å²) in [7, 11) is -4.27. The number of ether oxygens (including phenoxy) is 3. The standard InChI is InChI=1S/C26H46NO4S.C7H8O3S/c1-2-3-4-5-6-7-8-9-10-11-14-17-26-30-22-24(31-26)21-29-25(28)16-13-12-15-18-27-19-20-32-23-27;1-6-2-4-7(5-3-6)11(8,9)10/h19-20,23-24,26H,2-18,21-22H2,1H3;2-5H,1H3,(H,8,9,10)/q+1;/p-1. The van der Waals surface area contributed by atoms with Crippen LogP contribution in [0.4, 0.5) is 0 Å². The summed E-state index contributed by atoms with van der Waals surface area (Å²) in [4.78, 5) is 11.8. The van der Waals surface area contributed by atoms with Crippen LogP contribution in [0, 0.1) is 6.92 Å². The fourth-order valence-electron chi connectivity index (χ4n) is 4.81. The first kappa shape index (κ1) is 37.3. The van der Waals surface area contributed by atoms with E-state index in [0.29, 0.717) is 19.6 Å². The number of rotatable bonds is 21. The van der Waals surface area contributed by atoms with Gasteiger partial charge in [0, 0.05) is 12.8 Å². The number of unbranched alkanes of at least 4 members (excludes halogenated alkanes) is 12. The van der Waals surface area contributed by atoms with Crippen LogP contribution in [0.2, 0.25) is 0 Å². The zero-order valence-corrected chi connectivity index (χ0v) is 27.9. The van der Waals surface area contributed by atoms with Gasteiger partial charge in [0.15, 0.2) is 12.5 Å². The van der Waals surface area contributed by atoms with Crippen LogP contribution in [-0.2, 0) is 35.7 Å². The van der Waals surface area contributed by atoms with Crippen molar-refractivity contribution in [3.05, 3.63) is 46.9 Å². The van der Waals surface area contributed by atoms with Crippen LogP contribution in [0.25, 0.3) is 0 Å². The fourth-order valence-corrected chi connectivity index (χ4v) is 5.91. The maximum absolute atomic E-state index is 11.9. The van der Waals surface area contributed by atoms with Crippen molar-refractivity contribution in [2.75, 3.05) is 13.2 Å². The molecule has 2 atom stereocenters. The molecule has 0 saturated carbocycles. The number of benzene rings is 1. The van der Waals surface area contributed by atoms with Gasteiger partial charge in [-0.05, 0) is 44.7 Å². The van der Waals surface area contributed by atoms with Crippen LogP contribution in [0.1, 0.15) is 115 Å². The Bertz CT molecular complexity index is 1080. The van der Waals surface area contributed by atoms with E-state index in [9.17, 15) is 17.8 Å². The van der Waals surface area contributed by atoms with E-state index in [2.05, 4.69) is 28.6 Å². The maximum atomic E-state index is 11.9. The van der Waals surface area contributed by atoms with Crippen LogP contribution in [-0.4, -0.2) is 44.5 Å². The van der Waals surface area contributed by atoms with E-state index >= 15 is 0 Å². The topological polar surface area (TPSA) is 106 Å². The van der Waals surface area contributed by atoms with E-state index in [-0.39, 0.29) is 23.3 Å². The average molecular weight is 640 g/mol. The van der Waals surface area contributed by atoms with Crippen molar-refractivity contribution in [3.8, 4) is 0 Å². The Morgan fingerprint density at radius 3 is 2.19 bits per heavy atom. The van der Waals surface area contributed by atoms with Gasteiger partial charge in [0.2, 0.25) is 5.51 Å².